The summed E-state index contributed by atoms with van der Waals surface area (Å²) in [6.07, 6.45) is 17.6. The molecule has 2 heteroatoms. The topological polar surface area (TPSA) is 0 Å². The summed E-state index contributed by atoms with van der Waals surface area (Å²) in [5, 5.41) is 0. The maximum absolute atomic E-state index is 2.35. The van der Waals surface area contributed by atoms with Gasteiger partial charge in [-0.05, 0) is 0 Å². The standard InChI is InChI=1S/C12H25.C7H7.C4H9.ClH.Sb.H/c1-3-5-7-9-11-12-10-8-6-4-2;1-7-5-3-2-4-6-7;1-3-4-2;;;/h1,3-12H2,2H3;2-6H,1H2;1,3-4H2,2H3;1H;;/q;;;;+1;/p-1. The first-order valence-corrected chi connectivity index (χ1v) is 16.8. The van der Waals surface area contributed by atoms with Crippen molar-refractivity contribution >= 4 is 20.2 Å². The third-order valence-corrected chi connectivity index (χ3v) is 13.7. The molecule has 0 N–H and O–H groups in total. The van der Waals surface area contributed by atoms with Gasteiger partial charge in [-0.3, -0.25) is 0 Å². The molecule has 0 aliphatic carbocycles. The number of benzene rings is 1. The summed E-state index contributed by atoms with van der Waals surface area (Å²) >= 11 is -1.16. The number of hydrogen-bond donors (Lipinski definition) is 0. The SMILES string of the molecule is CCCCCCCCCCC[CH2][SbH+]([CH2]CCC)[CH2]c1ccccc1.[Cl-]. The Morgan fingerprint density at radius 2 is 1.08 bits per heavy atom. The van der Waals surface area contributed by atoms with E-state index >= 15 is 0 Å². The van der Waals surface area contributed by atoms with Crippen molar-refractivity contribution in [3.05, 3.63) is 35.9 Å². The smallest absolute Gasteiger partial charge is 1.00 e. The molecule has 1 aromatic rings. The molecule has 1 aromatic carbocycles. The van der Waals surface area contributed by atoms with E-state index in [9.17, 15) is 0 Å². The molecule has 146 valence electrons. The second-order valence-electron chi connectivity index (χ2n) is 7.45. The first-order valence-electron chi connectivity index (χ1n) is 10.7. The van der Waals surface area contributed by atoms with E-state index in [1.165, 1.54) is 81.4 Å². The monoisotopic (exact) mass is 474 g/mol. The summed E-state index contributed by atoms with van der Waals surface area (Å²) < 4.78 is 4.74. The third kappa shape index (κ3) is 15.1. The molecule has 0 amide bonds. The van der Waals surface area contributed by atoms with Crippen LogP contribution in [0.3, 0.4) is 0 Å². The van der Waals surface area contributed by atoms with Gasteiger partial charge in [0.25, 0.3) is 0 Å². The average molecular weight is 476 g/mol. The van der Waals surface area contributed by atoms with Crippen molar-refractivity contribution in [2.75, 3.05) is 0 Å². The van der Waals surface area contributed by atoms with E-state index in [-0.39, 0.29) is 12.4 Å². The first kappa shape index (κ1) is 25.3. The van der Waals surface area contributed by atoms with Gasteiger partial charge in [-0.1, -0.05) is 0 Å². The van der Waals surface area contributed by atoms with Gasteiger partial charge in [-0.2, -0.15) is 0 Å². The van der Waals surface area contributed by atoms with E-state index in [2.05, 4.69) is 44.2 Å². The fourth-order valence-corrected chi connectivity index (χ4v) is 12.1. The van der Waals surface area contributed by atoms with Crippen LogP contribution in [0.1, 0.15) is 96.5 Å². The Balaban J connectivity index is 0.00000576. The molecular formula is C23H42ClSb. The summed E-state index contributed by atoms with van der Waals surface area (Å²) in [7, 11) is 0. The van der Waals surface area contributed by atoms with Crippen molar-refractivity contribution in [1.82, 2.24) is 0 Å². The van der Waals surface area contributed by atoms with Crippen molar-refractivity contribution in [3.63, 3.8) is 0 Å². The minimum Gasteiger partial charge on any atom is -1.00 e. The Bertz CT molecular complexity index is 366. The number of rotatable bonds is 16. The molecule has 0 aromatic heterocycles. The Hall–Kier alpha value is 0.328. The molecule has 0 saturated heterocycles. The van der Waals surface area contributed by atoms with Gasteiger partial charge in [0.2, 0.25) is 0 Å². The van der Waals surface area contributed by atoms with Crippen molar-refractivity contribution < 1.29 is 12.4 Å². The van der Waals surface area contributed by atoms with Gasteiger partial charge < -0.3 is 12.4 Å². The maximum Gasteiger partial charge on any atom is -1.00 e. The summed E-state index contributed by atoms with van der Waals surface area (Å²) in [4.78, 5) is 0. The van der Waals surface area contributed by atoms with Crippen LogP contribution in [0.5, 0.6) is 0 Å². The van der Waals surface area contributed by atoms with E-state index in [0.717, 1.165) is 0 Å². The van der Waals surface area contributed by atoms with Gasteiger partial charge in [0.1, 0.15) is 0 Å². The molecule has 0 bridgehead atoms. The molecule has 0 heterocycles. The summed E-state index contributed by atoms with van der Waals surface area (Å²) in [6.45, 7) is 4.65. The minimum absolute atomic E-state index is 0. The molecule has 0 nitrogen and oxygen atoms in total. The van der Waals surface area contributed by atoms with Gasteiger partial charge in [0.05, 0.1) is 0 Å². The minimum atomic E-state index is -1.16. The van der Waals surface area contributed by atoms with Crippen molar-refractivity contribution in [2.24, 2.45) is 0 Å². The molecule has 0 fully saturated rings. The van der Waals surface area contributed by atoms with Crippen LogP contribution in [-0.4, -0.2) is 20.2 Å². The average Bonchev–Trinajstić information content (AvgIpc) is 2.62. The van der Waals surface area contributed by atoms with Gasteiger partial charge in [0.15, 0.2) is 0 Å². The molecule has 0 radical (unpaired) electrons. The molecule has 25 heavy (non-hydrogen) atoms. The van der Waals surface area contributed by atoms with Gasteiger partial charge in [0, 0.05) is 0 Å². The molecular weight excluding hydrogens is 433 g/mol. The number of unbranched alkanes of at least 4 members (excludes halogenated alkanes) is 10. The number of hydrogen-bond acceptors (Lipinski definition) is 0. The quantitative estimate of drug-likeness (QED) is 0.240. The van der Waals surface area contributed by atoms with Gasteiger partial charge >= 0.3 is 160 Å². The van der Waals surface area contributed by atoms with Crippen LogP contribution in [0, 0.1) is 0 Å². The van der Waals surface area contributed by atoms with E-state index < -0.39 is 20.2 Å². The van der Waals surface area contributed by atoms with Crippen LogP contribution in [0.25, 0.3) is 0 Å². The third-order valence-electron chi connectivity index (χ3n) is 5.06. The second-order valence-corrected chi connectivity index (χ2v) is 15.6. The molecule has 0 spiro atoms. The van der Waals surface area contributed by atoms with E-state index in [4.69, 9.17) is 0 Å². The Kier molecular flexibility index (Phi) is 19.4. The van der Waals surface area contributed by atoms with E-state index in [1.807, 2.05) is 0 Å². The van der Waals surface area contributed by atoms with Crippen LogP contribution >= 0.6 is 0 Å². The van der Waals surface area contributed by atoms with Crippen LogP contribution in [0.4, 0.5) is 0 Å². The van der Waals surface area contributed by atoms with Crippen LogP contribution in [0.15, 0.2) is 30.3 Å². The van der Waals surface area contributed by atoms with Gasteiger partial charge in [-0.25, -0.2) is 0 Å². The van der Waals surface area contributed by atoms with Crippen LogP contribution in [0.2, 0.25) is 8.73 Å². The Morgan fingerprint density at radius 3 is 1.64 bits per heavy atom. The van der Waals surface area contributed by atoms with Crippen LogP contribution in [-0.2, 0) is 4.37 Å². The molecule has 0 aliphatic rings. The van der Waals surface area contributed by atoms with Crippen molar-refractivity contribution in [3.8, 4) is 0 Å². The van der Waals surface area contributed by atoms with E-state index in [1.54, 1.807) is 14.3 Å². The van der Waals surface area contributed by atoms with Crippen LogP contribution < -0.4 is 12.4 Å². The Morgan fingerprint density at radius 1 is 0.600 bits per heavy atom. The van der Waals surface area contributed by atoms with Gasteiger partial charge in [-0.15, -0.1) is 0 Å². The predicted molar refractivity (Wildman–Crippen MR) is 114 cm³/mol. The normalized spacial score (nSPS) is 11.9. The number of halogens is 1. The fraction of sp³-hybridized carbons (Fsp3) is 0.739. The zero-order chi connectivity index (χ0) is 17.3. The predicted octanol–water partition coefficient (Wildman–Crippen LogP) is 4.72. The Labute approximate surface area is 171 Å². The summed E-state index contributed by atoms with van der Waals surface area (Å²) in [6, 6.07) is 11.3. The summed E-state index contributed by atoms with van der Waals surface area (Å²) in [5.41, 5.74) is 1.62. The molecule has 0 saturated carbocycles. The maximum atomic E-state index is 2.35. The van der Waals surface area contributed by atoms with Crippen molar-refractivity contribution in [1.29, 1.82) is 0 Å². The van der Waals surface area contributed by atoms with Crippen molar-refractivity contribution in [2.45, 2.75) is 104 Å². The molecule has 1 rings (SSSR count). The molecule has 1 atom stereocenters. The summed E-state index contributed by atoms with van der Waals surface area (Å²) in [5.74, 6) is 0. The molecule has 1 unspecified atom stereocenters. The zero-order valence-corrected chi connectivity index (χ0v) is 20.5. The molecule has 0 aliphatic heterocycles. The van der Waals surface area contributed by atoms with E-state index in [0.29, 0.717) is 0 Å². The zero-order valence-electron chi connectivity index (χ0n) is 16.9. The fourth-order valence-electron chi connectivity index (χ4n) is 3.48. The second kappa shape index (κ2) is 19.1. The largest absolute Gasteiger partial charge is 1.00 e. The first-order chi connectivity index (χ1) is 11.9.